The van der Waals surface area contributed by atoms with Gasteiger partial charge in [-0.15, -0.1) is 0 Å². The number of nitrogens with one attached hydrogen (secondary N) is 1. The maximum atomic E-state index is 12.5. The zero-order valence-electron chi connectivity index (χ0n) is 14.7. The van der Waals surface area contributed by atoms with Crippen LogP contribution in [0.25, 0.3) is 11.3 Å². The molecule has 1 atom stereocenters. The summed E-state index contributed by atoms with van der Waals surface area (Å²) >= 11 is 0. The maximum absolute atomic E-state index is 12.5. The molecule has 0 unspecified atom stereocenters. The molecule has 2 amide bonds. The number of nitrogens with two attached hydrogens (primary N) is 1. The number of nitrogens with zero attached hydrogens (tertiary/aromatic N) is 1. The summed E-state index contributed by atoms with van der Waals surface area (Å²) in [5, 5.41) is 15.4. The Kier molecular flexibility index (Phi) is 5.11. The molecule has 0 spiro atoms. The molecule has 1 aliphatic rings. The summed E-state index contributed by atoms with van der Waals surface area (Å²) in [6.45, 7) is 0. The van der Waals surface area contributed by atoms with Crippen molar-refractivity contribution < 1.29 is 28.8 Å². The van der Waals surface area contributed by atoms with E-state index in [-0.39, 0.29) is 18.5 Å². The SMILES string of the molecule is COc1ccc2c(c1)CCc1c(C(=O)N[C@@H](CCC(N)=O)C(=O)O)noc1-2. The van der Waals surface area contributed by atoms with Crippen LogP contribution in [0.4, 0.5) is 0 Å². The molecule has 0 fully saturated rings. The average Bonchev–Trinajstić information content (AvgIpc) is 3.08. The highest BCUT2D eigenvalue weighted by molar-refractivity contribution is 5.97. The summed E-state index contributed by atoms with van der Waals surface area (Å²) in [4.78, 5) is 34.7. The Labute approximate surface area is 154 Å². The van der Waals surface area contributed by atoms with Crippen molar-refractivity contribution in [3.63, 3.8) is 0 Å². The number of ether oxygens (including phenoxy) is 1. The van der Waals surface area contributed by atoms with Gasteiger partial charge in [0.15, 0.2) is 11.5 Å². The first-order chi connectivity index (χ1) is 12.9. The first kappa shape index (κ1) is 18.4. The Morgan fingerprint density at radius 3 is 2.81 bits per heavy atom. The van der Waals surface area contributed by atoms with Crippen molar-refractivity contribution >= 4 is 17.8 Å². The largest absolute Gasteiger partial charge is 0.497 e. The second-order valence-electron chi connectivity index (χ2n) is 6.23. The average molecular weight is 373 g/mol. The van der Waals surface area contributed by atoms with Gasteiger partial charge in [0.2, 0.25) is 5.91 Å². The van der Waals surface area contributed by atoms with Gasteiger partial charge in [0.1, 0.15) is 11.8 Å². The predicted octanol–water partition coefficient (Wildman–Crippen LogP) is 0.897. The number of fused-ring (bicyclic) bond motifs is 3. The monoisotopic (exact) mass is 373 g/mol. The second-order valence-corrected chi connectivity index (χ2v) is 6.23. The minimum atomic E-state index is -1.25. The molecule has 0 aliphatic heterocycles. The quantitative estimate of drug-likeness (QED) is 0.653. The minimum Gasteiger partial charge on any atom is -0.497 e. The van der Waals surface area contributed by atoms with Crippen LogP contribution in [-0.2, 0) is 22.4 Å². The number of carboxylic acid groups (broad SMARTS) is 1. The topological polar surface area (TPSA) is 145 Å². The fourth-order valence-electron chi connectivity index (χ4n) is 3.09. The van der Waals surface area contributed by atoms with E-state index in [1.165, 1.54) is 0 Å². The third-order valence-corrected chi connectivity index (χ3v) is 4.49. The summed E-state index contributed by atoms with van der Waals surface area (Å²) in [5.74, 6) is -1.32. The summed E-state index contributed by atoms with van der Waals surface area (Å²) in [6, 6.07) is 4.30. The van der Waals surface area contributed by atoms with E-state index in [1.54, 1.807) is 13.2 Å². The molecule has 1 aromatic carbocycles. The van der Waals surface area contributed by atoms with Crippen molar-refractivity contribution in [2.75, 3.05) is 7.11 Å². The van der Waals surface area contributed by atoms with Crippen LogP contribution in [0.1, 0.15) is 34.5 Å². The number of carbonyl (C=O) groups is 3. The van der Waals surface area contributed by atoms with Gasteiger partial charge < -0.3 is 25.4 Å². The van der Waals surface area contributed by atoms with Gasteiger partial charge in [0, 0.05) is 17.5 Å². The van der Waals surface area contributed by atoms with Gasteiger partial charge in [-0.25, -0.2) is 4.79 Å². The number of aryl methyl sites for hydroxylation is 1. The molecular weight excluding hydrogens is 354 g/mol. The highest BCUT2D eigenvalue weighted by Crippen LogP contribution is 2.37. The van der Waals surface area contributed by atoms with Crippen molar-refractivity contribution in [3.8, 4) is 17.1 Å². The number of hydrogen-bond acceptors (Lipinski definition) is 6. The van der Waals surface area contributed by atoms with E-state index in [1.807, 2.05) is 12.1 Å². The Hall–Kier alpha value is -3.36. The Balaban J connectivity index is 1.83. The van der Waals surface area contributed by atoms with Crippen molar-refractivity contribution in [1.29, 1.82) is 0 Å². The second kappa shape index (κ2) is 7.48. The fraction of sp³-hybridized carbons (Fsp3) is 0.333. The van der Waals surface area contributed by atoms with Gasteiger partial charge >= 0.3 is 5.97 Å². The Bertz CT molecular complexity index is 904. The number of methoxy groups -OCH3 is 1. The van der Waals surface area contributed by atoms with E-state index >= 15 is 0 Å². The van der Waals surface area contributed by atoms with Crippen LogP contribution < -0.4 is 15.8 Å². The standard InChI is InChI=1S/C18H19N3O6/c1-26-10-3-5-11-9(8-10)2-4-12-15(21-27-16(11)12)17(23)20-13(18(24)25)6-7-14(19)22/h3,5,8,13H,2,4,6-7H2,1H3,(H2,19,22)(H,20,23)(H,24,25)/t13-/m0/s1. The van der Waals surface area contributed by atoms with E-state index in [0.29, 0.717) is 24.2 Å². The van der Waals surface area contributed by atoms with E-state index in [4.69, 9.17) is 15.0 Å². The molecule has 1 aliphatic carbocycles. The molecule has 3 rings (SSSR count). The van der Waals surface area contributed by atoms with Crippen molar-refractivity contribution in [1.82, 2.24) is 10.5 Å². The zero-order chi connectivity index (χ0) is 19.6. The molecule has 0 radical (unpaired) electrons. The molecule has 1 aromatic heterocycles. The van der Waals surface area contributed by atoms with Crippen LogP contribution in [0.3, 0.4) is 0 Å². The number of aromatic nitrogens is 1. The van der Waals surface area contributed by atoms with Crippen LogP contribution in [-0.4, -0.2) is 41.2 Å². The lowest BCUT2D eigenvalue weighted by molar-refractivity contribution is -0.139. The zero-order valence-corrected chi connectivity index (χ0v) is 14.7. The third kappa shape index (κ3) is 3.76. The number of carboxylic acids is 1. The number of hydrogen-bond donors (Lipinski definition) is 3. The summed E-state index contributed by atoms with van der Waals surface area (Å²) < 4.78 is 10.6. The van der Waals surface area contributed by atoms with Gasteiger partial charge in [-0.2, -0.15) is 0 Å². The van der Waals surface area contributed by atoms with Gasteiger partial charge in [-0.05, 0) is 43.0 Å². The van der Waals surface area contributed by atoms with Gasteiger partial charge in [0.25, 0.3) is 5.91 Å². The lowest BCUT2D eigenvalue weighted by Crippen LogP contribution is -2.41. The molecular formula is C18H19N3O6. The molecule has 0 saturated heterocycles. The number of amides is 2. The lowest BCUT2D eigenvalue weighted by Gasteiger charge is -2.16. The molecule has 142 valence electrons. The van der Waals surface area contributed by atoms with Gasteiger partial charge in [-0.3, -0.25) is 9.59 Å². The number of benzene rings is 1. The fourth-order valence-corrected chi connectivity index (χ4v) is 3.09. The van der Waals surface area contributed by atoms with E-state index in [0.717, 1.165) is 16.9 Å². The van der Waals surface area contributed by atoms with Crippen LogP contribution in [0.2, 0.25) is 0 Å². The van der Waals surface area contributed by atoms with Crippen molar-refractivity contribution in [2.24, 2.45) is 5.73 Å². The van der Waals surface area contributed by atoms with Crippen LogP contribution in [0.5, 0.6) is 5.75 Å². The Morgan fingerprint density at radius 2 is 2.15 bits per heavy atom. The van der Waals surface area contributed by atoms with Gasteiger partial charge in [-0.1, -0.05) is 5.16 Å². The van der Waals surface area contributed by atoms with E-state index in [2.05, 4.69) is 10.5 Å². The number of primary amides is 1. The van der Waals surface area contributed by atoms with Gasteiger partial charge in [0.05, 0.1) is 7.11 Å². The highest BCUT2D eigenvalue weighted by Gasteiger charge is 2.30. The summed E-state index contributed by atoms with van der Waals surface area (Å²) in [7, 11) is 1.59. The van der Waals surface area contributed by atoms with Crippen molar-refractivity contribution in [2.45, 2.75) is 31.7 Å². The Morgan fingerprint density at radius 1 is 1.37 bits per heavy atom. The van der Waals surface area contributed by atoms with Crippen LogP contribution >= 0.6 is 0 Å². The molecule has 0 saturated carbocycles. The first-order valence-corrected chi connectivity index (χ1v) is 8.38. The normalized spacial score (nSPS) is 13.2. The smallest absolute Gasteiger partial charge is 0.326 e. The molecule has 0 bridgehead atoms. The minimum absolute atomic E-state index is 0.0526. The first-order valence-electron chi connectivity index (χ1n) is 8.38. The van der Waals surface area contributed by atoms with E-state index < -0.39 is 23.8 Å². The summed E-state index contributed by atoms with van der Waals surface area (Å²) in [6.07, 6.45) is 0.953. The third-order valence-electron chi connectivity index (χ3n) is 4.49. The highest BCUT2D eigenvalue weighted by atomic mass is 16.5. The molecule has 27 heavy (non-hydrogen) atoms. The number of aliphatic carboxylic acids is 1. The summed E-state index contributed by atoms with van der Waals surface area (Å²) in [5.41, 5.74) is 7.57. The van der Waals surface area contributed by atoms with Crippen LogP contribution in [0, 0.1) is 0 Å². The number of rotatable bonds is 7. The maximum Gasteiger partial charge on any atom is 0.326 e. The number of carbonyl (C=O) groups excluding carboxylic acids is 2. The predicted molar refractivity (Wildman–Crippen MR) is 93.2 cm³/mol. The van der Waals surface area contributed by atoms with Crippen LogP contribution in [0.15, 0.2) is 22.7 Å². The molecule has 2 aromatic rings. The van der Waals surface area contributed by atoms with E-state index in [9.17, 15) is 19.5 Å². The molecule has 9 heteroatoms. The molecule has 1 heterocycles. The lowest BCUT2D eigenvalue weighted by atomic mass is 9.89. The molecule has 9 nitrogen and oxygen atoms in total. The molecule has 4 N–H and O–H groups in total. The van der Waals surface area contributed by atoms with Crippen molar-refractivity contribution in [3.05, 3.63) is 35.0 Å².